The van der Waals surface area contributed by atoms with Gasteiger partial charge in [0, 0.05) is 30.2 Å². The van der Waals surface area contributed by atoms with Gasteiger partial charge in [-0.2, -0.15) is 13.2 Å². The van der Waals surface area contributed by atoms with Crippen molar-refractivity contribution in [3.8, 4) is 0 Å². The van der Waals surface area contributed by atoms with E-state index >= 15 is 0 Å². The lowest BCUT2D eigenvalue weighted by Gasteiger charge is -2.18. The minimum absolute atomic E-state index is 0.0520. The highest BCUT2D eigenvalue weighted by atomic mass is 79.9. The molecule has 1 aromatic rings. The second kappa shape index (κ2) is 6.21. The number of benzene rings is 1. The molecule has 0 N–H and O–H groups in total. The van der Waals surface area contributed by atoms with Crippen molar-refractivity contribution in [2.45, 2.75) is 12.6 Å². The minimum atomic E-state index is -4.37. The number of nitrogens with zero attached hydrogens (tertiary/aromatic N) is 2. The minimum Gasteiger partial charge on any atom is -0.341 e. The second-order valence-corrected chi connectivity index (χ2v) is 4.87. The summed E-state index contributed by atoms with van der Waals surface area (Å²) in [5.41, 5.74) is -0.357. The van der Waals surface area contributed by atoms with Gasteiger partial charge in [0.1, 0.15) is 0 Å². The predicted octanol–water partition coefficient (Wildman–Crippen LogP) is 3.38. The van der Waals surface area contributed by atoms with Crippen molar-refractivity contribution < 1.29 is 22.9 Å². The third kappa shape index (κ3) is 4.48. The molecule has 1 aromatic carbocycles. The van der Waals surface area contributed by atoms with Crippen molar-refractivity contribution in [2.24, 2.45) is 0 Å². The molecule has 5 nitrogen and oxygen atoms in total. The molecule has 0 aliphatic carbocycles. The smallest absolute Gasteiger partial charge is 0.341 e. The zero-order valence-electron chi connectivity index (χ0n) is 10.3. The number of hydrogen-bond donors (Lipinski definition) is 0. The zero-order chi connectivity index (χ0) is 15.5. The van der Waals surface area contributed by atoms with Gasteiger partial charge in [-0.15, -0.1) is 0 Å². The standard InChI is InChI=1S/C11H10BrF3N2O3/c1-16(5-4-11(13,14)15)10(18)8-6-7(17(19)20)2-3-9(8)12/h2-3,6H,4-5H2,1H3. The van der Waals surface area contributed by atoms with Crippen LogP contribution in [0.3, 0.4) is 0 Å². The molecule has 0 aromatic heterocycles. The van der Waals surface area contributed by atoms with E-state index in [0.717, 1.165) is 11.0 Å². The molecule has 0 heterocycles. The molecular weight excluding hydrogens is 345 g/mol. The number of halogens is 4. The van der Waals surface area contributed by atoms with Crippen molar-refractivity contribution in [1.29, 1.82) is 0 Å². The summed E-state index contributed by atoms with van der Waals surface area (Å²) in [7, 11) is 1.21. The van der Waals surface area contributed by atoms with E-state index < -0.39 is 30.0 Å². The number of nitro benzene ring substituents is 1. The summed E-state index contributed by atoms with van der Waals surface area (Å²) in [6.07, 6.45) is -5.50. The molecule has 0 fully saturated rings. The molecule has 0 unspecified atom stereocenters. The molecule has 0 spiro atoms. The van der Waals surface area contributed by atoms with Gasteiger partial charge in [0.25, 0.3) is 11.6 Å². The van der Waals surface area contributed by atoms with E-state index in [1.807, 2.05) is 0 Å². The molecule has 0 bridgehead atoms. The highest BCUT2D eigenvalue weighted by Gasteiger charge is 2.28. The number of carbonyl (C=O) groups is 1. The van der Waals surface area contributed by atoms with Gasteiger partial charge in [-0.05, 0) is 22.0 Å². The monoisotopic (exact) mass is 354 g/mol. The van der Waals surface area contributed by atoms with Crippen LogP contribution in [-0.4, -0.2) is 35.5 Å². The van der Waals surface area contributed by atoms with E-state index in [1.165, 1.54) is 19.2 Å². The van der Waals surface area contributed by atoms with Crippen molar-refractivity contribution in [3.63, 3.8) is 0 Å². The lowest BCUT2D eigenvalue weighted by Crippen LogP contribution is -2.30. The molecule has 20 heavy (non-hydrogen) atoms. The van der Waals surface area contributed by atoms with E-state index in [2.05, 4.69) is 15.9 Å². The number of carbonyl (C=O) groups excluding carboxylic acids is 1. The summed E-state index contributed by atoms with van der Waals surface area (Å²) in [6.45, 7) is -0.516. The number of hydrogen-bond acceptors (Lipinski definition) is 3. The lowest BCUT2D eigenvalue weighted by molar-refractivity contribution is -0.384. The summed E-state index contributed by atoms with van der Waals surface area (Å²) in [6, 6.07) is 3.52. The maximum atomic E-state index is 12.1. The summed E-state index contributed by atoms with van der Waals surface area (Å²) >= 11 is 3.05. The Labute approximate surface area is 120 Å². The van der Waals surface area contributed by atoms with Gasteiger partial charge < -0.3 is 4.90 Å². The normalized spacial score (nSPS) is 11.2. The first-order valence-electron chi connectivity index (χ1n) is 5.38. The molecule has 0 saturated heterocycles. The van der Waals surface area contributed by atoms with Gasteiger partial charge in [0.15, 0.2) is 0 Å². The lowest BCUT2D eigenvalue weighted by atomic mass is 10.1. The molecule has 1 amide bonds. The summed E-state index contributed by atoms with van der Waals surface area (Å²) < 4.78 is 36.6. The Hall–Kier alpha value is -1.64. The number of non-ortho nitro benzene ring substituents is 1. The van der Waals surface area contributed by atoms with Gasteiger partial charge in [-0.1, -0.05) is 0 Å². The molecule has 0 saturated carbocycles. The number of amides is 1. The van der Waals surface area contributed by atoms with E-state index in [1.54, 1.807) is 0 Å². The number of nitro groups is 1. The maximum absolute atomic E-state index is 12.1. The first-order chi connectivity index (χ1) is 9.11. The summed E-state index contributed by atoms with van der Waals surface area (Å²) in [5, 5.41) is 10.6. The van der Waals surface area contributed by atoms with Crippen LogP contribution in [0, 0.1) is 10.1 Å². The highest BCUT2D eigenvalue weighted by molar-refractivity contribution is 9.10. The molecule has 110 valence electrons. The Kier molecular flexibility index (Phi) is 5.09. The first kappa shape index (κ1) is 16.4. The van der Waals surface area contributed by atoms with E-state index in [-0.39, 0.29) is 15.7 Å². The third-order valence-electron chi connectivity index (χ3n) is 2.47. The SMILES string of the molecule is CN(CCC(F)(F)F)C(=O)c1cc([N+](=O)[O-])ccc1Br. The van der Waals surface area contributed by atoms with Crippen LogP contribution in [-0.2, 0) is 0 Å². The summed E-state index contributed by atoms with van der Waals surface area (Å²) in [4.78, 5) is 22.8. The van der Waals surface area contributed by atoms with Gasteiger partial charge in [-0.25, -0.2) is 0 Å². The highest BCUT2D eigenvalue weighted by Crippen LogP contribution is 2.25. The van der Waals surface area contributed by atoms with Crippen LogP contribution in [0.4, 0.5) is 18.9 Å². The average Bonchev–Trinajstić information content (AvgIpc) is 2.34. The quantitative estimate of drug-likeness (QED) is 0.615. The van der Waals surface area contributed by atoms with Crippen molar-refractivity contribution in [3.05, 3.63) is 38.3 Å². The number of alkyl halides is 3. The fourth-order valence-electron chi connectivity index (χ4n) is 1.39. The molecule has 0 radical (unpaired) electrons. The van der Waals surface area contributed by atoms with Crippen molar-refractivity contribution in [1.82, 2.24) is 4.90 Å². The van der Waals surface area contributed by atoms with Crippen LogP contribution in [0.5, 0.6) is 0 Å². The Balaban J connectivity index is 2.91. The molecule has 0 atom stereocenters. The van der Waals surface area contributed by atoms with Crippen LogP contribution in [0.1, 0.15) is 16.8 Å². The van der Waals surface area contributed by atoms with Crippen LogP contribution in [0.15, 0.2) is 22.7 Å². The molecular formula is C11H10BrF3N2O3. The maximum Gasteiger partial charge on any atom is 0.390 e. The Morgan fingerprint density at radius 2 is 2.05 bits per heavy atom. The zero-order valence-corrected chi connectivity index (χ0v) is 11.9. The van der Waals surface area contributed by atoms with Gasteiger partial charge >= 0.3 is 6.18 Å². The van der Waals surface area contributed by atoms with Crippen LogP contribution in [0.2, 0.25) is 0 Å². The largest absolute Gasteiger partial charge is 0.390 e. The molecule has 1 rings (SSSR count). The second-order valence-electron chi connectivity index (χ2n) is 4.01. The molecule has 9 heteroatoms. The van der Waals surface area contributed by atoms with E-state index in [0.29, 0.717) is 0 Å². The summed E-state index contributed by atoms with van der Waals surface area (Å²) in [5.74, 6) is -0.718. The fraction of sp³-hybridized carbons (Fsp3) is 0.364. The predicted molar refractivity (Wildman–Crippen MR) is 68.4 cm³/mol. The Bertz CT molecular complexity index is 534. The van der Waals surface area contributed by atoms with Gasteiger partial charge in [-0.3, -0.25) is 14.9 Å². The van der Waals surface area contributed by atoms with E-state index in [4.69, 9.17) is 0 Å². The fourth-order valence-corrected chi connectivity index (χ4v) is 1.81. The van der Waals surface area contributed by atoms with Crippen molar-refractivity contribution >= 4 is 27.5 Å². The Morgan fingerprint density at radius 1 is 1.45 bits per heavy atom. The van der Waals surface area contributed by atoms with Gasteiger partial charge in [0.05, 0.1) is 16.9 Å². The third-order valence-corrected chi connectivity index (χ3v) is 3.16. The Morgan fingerprint density at radius 3 is 2.55 bits per heavy atom. The van der Waals surface area contributed by atoms with Gasteiger partial charge in [0.2, 0.25) is 0 Å². The molecule has 0 aliphatic heterocycles. The van der Waals surface area contributed by atoms with Crippen LogP contribution >= 0.6 is 15.9 Å². The number of rotatable bonds is 4. The van der Waals surface area contributed by atoms with Crippen molar-refractivity contribution in [2.75, 3.05) is 13.6 Å². The molecule has 0 aliphatic rings. The van der Waals surface area contributed by atoms with Crippen LogP contribution < -0.4 is 0 Å². The van der Waals surface area contributed by atoms with Crippen LogP contribution in [0.25, 0.3) is 0 Å². The van der Waals surface area contributed by atoms with E-state index in [9.17, 15) is 28.1 Å². The topological polar surface area (TPSA) is 63.5 Å². The average molecular weight is 355 g/mol. The first-order valence-corrected chi connectivity index (χ1v) is 6.17.